The molecular formula is C23H27N5O5S. The number of nitrogens with one attached hydrogen (secondary N) is 2. The smallest absolute Gasteiger partial charge is 0.264 e. The third-order valence-electron chi connectivity index (χ3n) is 6.15. The number of nitrogens with zero attached hydrogens (tertiary/aromatic N) is 3. The Labute approximate surface area is 198 Å². The van der Waals surface area contributed by atoms with Gasteiger partial charge in [-0.25, -0.2) is 23.1 Å². The molecule has 2 fully saturated rings. The van der Waals surface area contributed by atoms with Crippen LogP contribution in [0.1, 0.15) is 43.5 Å². The maximum atomic E-state index is 12.6. The molecule has 2 aliphatic rings. The van der Waals surface area contributed by atoms with Gasteiger partial charge >= 0.3 is 0 Å². The molecule has 0 spiro atoms. The molecule has 2 heterocycles. The molecule has 1 saturated heterocycles. The van der Waals surface area contributed by atoms with Gasteiger partial charge in [0.25, 0.3) is 10.0 Å². The molecule has 3 amide bonds. The molecule has 11 heteroatoms. The van der Waals surface area contributed by atoms with Crippen molar-refractivity contribution in [2.45, 2.75) is 50.8 Å². The minimum absolute atomic E-state index is 0.0101. The zero-order valence-corrected chi connectivity index (χ0v) is 19.9. The molecule has 2 aromatic rings. The molecule has 2 unspecified atom stereocenters. The van der Waals surface area contributed by atoms with E-state index < -0.39 is 10.0 Å². The van der Waals surface area contributed by atoms with Gasteiger partial charge < -0.3 is 5.32 Å². The number of benzene rings is 1. The molecule has 4 rings (SSSR count). The van der Waals surface area contributed by atoms with Crippen molar-refractivity contribution in [3.63, 3.8) is 0 Å². The fourth-order valence-corrected chi connectivity index (χ4v) is 5.50. The van der Waals surface area contributed by atoms with Crippen molar-refractivity contribution < 1.29 is 22.8 Å². The molecule has 1 aliphatic carbocycles. The molecule has 0 radical (unpaired) electrons. The fourth-order valence-electron chi connectivity index (χ4n) is 4.56. The summed E-state index contributed by atoms with van der Waals surface area (Å²) < 4.78 is 27.6. The summed E-state index contributed by atoms with van der Waals surface area (Å²) in [5.74, 6) is -1.19. The summed E-state index contributed by atoms with van der Waals surface area (Å²) in [6.07, 6.45) is 3.35. The third kappa shape index (κ3) is 5.09. The SMILES string of the molecule is Cc1cc(C)nc(NS(=O)(=O)c2ccc(NC(=O)CCN3C(=O)C4CCCCC4C3=O)cc2)n1. The minimum Gasteiger partial charge on any atom is -0.326 e. The largest absolute Gasteiger partial charge is 0.326 e. The number of likely N-dealkylation sites (tertiary alicyclic amines) is 1. The highest BCUT2D eigenvalue weighted by molar-refractivity contribution is 7.92. The molecule has 180 valence electrons. The van der Waals surface area contributed by atoms with Gasteiger partial charge in [0, 0.05) is 30.0 Å². The average molecular weight is 486 g/mol. The first-order chi connectivity index (χ1) is 16.1. The Kier molecular flexibility index (Phi) is 6.65. The summed E-state index contributed by atoms with van der Waals surface area (Å²) in [4.78, 5) is 46.8. The second kappa shape index (κ2) is 9.49. The Bertz CT molecular complexity index is 1180. The predicted octanol–water partition coefficient (Wildman–Crippen LogP) is 2.40. The van der Waals surface area contributed by atoms with E-state index in [1.807, 2.05) is 0 Å². The highest BCUT2D eigenvalue weighted by Crippen LogP contribution is 2.38. The summed E-state index contributed by atoms with van der Waals surface area (Å²) in [6, 6.07) is 7.39. The number of amides is 3. The van der Waals surface area contributed by atoms with Gasteiger partial charge in [-0.2, -0.15) is 0 Å². The average Bonchev–Trinajstić information content (AvgIpc) is 3.01. The van der Waals surface area contributed by atoms with Crippen LogP contribution in [0.2, 0.25) is 0 Å². The van der Waals surface area contributed by atoms with Crippen molar-refractivity contribution in [2.24, 2.45) is 11.8 Å². The monoisotopic (exact) mass is 485 g/mol. The van der Waals surface area contributed by atoms with Gasteiger partial charge in [-0.15, -0.1) is 0 Å². The quantitative estimate of drug-likeness (QED) is 0.574. The van der Waals surface area contributed by atoms with E-state index in [0.717, 1.165) is 25.7 Å². The zero-order chi connectivity index (χ0) is 24.5. The lowest BCUT2D eigenvalue weighted by atomic mass is 9.81. The van der Waals surface area contributed by atoms with E-state index in [9.17, 15) is 22.8 Å². The molecule has 1 saturated carbocycles. The second-order valence-corrected chi connectivity index (χ2v) is 10.4. The summed E-state index contributed by atoms with van der Waals surface area (Å²) in [6.45, 7) is 3.53. The van der Waals surface area contributed by atoms with Gasteiger partial charge in [0.05, 0.1) is 16.7 Å². The first-order valence-electron chi connectivity index (χ1n) is 11.2. The highest BCUT2D eigenvalue weighted by Gasteiger charge is 2.47. The number of hydrogen-bond donors (Lipinski definition) is 2. The lowest BCUT2D eigenvalue weighted by molar-refractivity contribution is -0.140. The van der Waals surface area contributed by atoms with E-state index in [4.69, 9.17) is 0 Å². The summed E-state index contributed by atoms with van der Waals surface area (Å²) >= 11 is 0. The van der Waals surface area contributed by atoms with Gasteiger partial charge in [-0.3, -0.25) is 19.3 Å². The molecule has 1 aliphatic heterocycles. The fraction of sp³-hybridized carbons (Fsp3) is 0.435. The van der Waals surface area contributed by atoms with Crippen LogP contribution in [0.4, 0.5) is 11.6 Å². The molecule has 2 N–H and O–H groups in total. The van der Waals surface area contributed by atoms with Crippen molar-refractivity contribution in [1.82, 2.24) is 14.9 Å². The Morgan fingerprint density at radius 3 is 2.12 bits per heavy atom. The van der Waals surface area contributed by atoms with Crippen LogP contribution in [0.15, 0.2) is 35.2 Å². The molecule has 1 aromatic carbocycles. The molecule has 1 aromatic heterocycles. The Balaban J connectivity index is 1.34. The number of hydrogen-bond acceptors (Lipinski definition) is 7. The Hall–Kier alpha value is -3.34. The number of carbonyl (C=O) groups excluding carboxylic acids is 3. The summed E-state index contributed by atoms with van der Waals surface area (Å²) in [7, 11) is -3.91. The lowest BCUT2D eigenvalue weighted by Crippen LogP contribution is -2.34. The van der Waals surface area contributed by atoms with Crippen LogP contribution in [0.3, 0.4) is 0 Å². The zero-order valence-electron chi connectivity index (χ0n) is 19.1. The normalized spacial score (nSPS) is 20.2. The first kappa shape index (κ1) is 23.8. The third-order valence-corrected chi connectivity index (χ3v) is 7.50. The minimum atomic E-state index is -3.91. The van der Waals surface area contributed by atoms with Crippen molar-refractivity contribution in [2.75, 3.05) is 16.6 Å². The van der Waals surface area contributed by atoms with Crippen LogP contribution in [0, 0.1) is 25.7 Å². The van der Waals surface area contributed by atoms with Crippen molar-refractivity contribution in [3.8, 4) is 0 Å². The highest BCUT2D eigenvalue weighted by atomic mass is 32.2. The number of carbonyl (C=O) groups is 3. The maximum absolute atomic E-state index is 12.6. The number of imide groups is 1. The van der Waals surface area contributed by atoms with Crippen molar-refractivity contribution >= 4 is 39.4 Å². The van der Waals surface area contributed by atoms with Crippen LogP contribution in [-0.4, -0.2) is 47.6 Å². The Morgan fingerprint density at radius 2 is 1.56 bits per heavy atom. The van der Waals surface area contributed by atoms with Crippen LogP contribution in [0.5, 0.6) is 0 Å². The van der Waals surface area contributed by atoms with Crippen LogP contribution in [-0.2, 0) is 24.4 Å². The van der Waals surface area contributed by atoms with Crippen molar-refractivity contribution in [1.29, 1.82) is 0 Å². The number of sulfonamides is 1. The first-order valence-corrected chi connectivity index (χ1v) is 12.7. The predicted molar refractivity (Wildman–Crippen MR) is 124 cm³/mol. The van der Waals surface area contributed by atoms with E-state index in [2.05, 4.69) is 20.0 Å². The number of rotatable bonds is 7. The number of anilines is 2. The summed E-state index contributed by atoms with van der Waals surface area (Å²) in [5.41, 5.74) is 1.68. The number of aryl methyl sites for hydroxylation is 2. The lowest BCUT2D eigenvalue weighted by Gasteiger charge is -2.19. The maximum Gasteiger partial charge on any atom is 0.264 e. The molecule has 2 atom stereocenters. The van der Waals surface area contributed by atoms with E-state index in [1.165, 1.54) is 29.2 Å². The van der Waals surface area contributed by atoms with Gasteiger partial charge in [-0.05, 0) is 57.0 Å². The molecule has 0 bridgehead atoms. The molecule has 10 nitrogen and oxygen atoms in total. The van der Waals surface area contributed by atoms with E-state index in [1.54, 1.807) is 19.9 Å². The topological polar surface area (TPSA) is 138 Å². The van der Waals surface area contributed by atoms with Gasteiger partial charge in [0.1, 0.15) is 0 Å². The van der Waals surface area contributed by atoms with Crippen LogP contribution in [0.25, 0.3) is 0 Å². The van der Waals surface area contributed by atoms with Crippen molar-refractivity contribution in [3.05, 3.63) is 41.7 Å². The number of aromatic nitrogens is 2. The molecular weight excluding hydrogens is 458 g/mol. The molecule has 34 heavy (non-hydrogen) atoms. The van der Waals surface area contributed by atoms with E-state index in [-0.39, 0.29) is 53.4 Å². The number of fused-ring (bicyclic) bond motifs is 1. The van der Waals surface area contributed by atoms with Crippen LogP contribution >= 0.6 is 0 Å². The van der Waals surface area contributed by atoms with E-state index >= 15 is 0 Å². The second-order valence-electron chi connectivity index (χ2n) is 8.73. The van der Waals surface area contributed by atoms with E-state index in [0.29, 0.717) is 17.1 Å². The standard InChI is InChI=1S/C23H27N5O5S/c1-14-13-15(2)25-23(24-14)27-34(32,33)17-9-7-16(8-10-17)26-20(29)11-12-28-21(30)18-5-3-4-6-19(18)22(28)31/h7-10,13,18-19H,3-6,11-12H2,1-2H3,(H,26,29)(H,24,25,27). The van der Waals surface area contributed by atoms with Crippen LogP contribution < -0.4 is 10.0 Å². The van der Waals surface area contributed by atoms with Gasteiger partial charge in [-0.1, -0.05) is 12.8 Å². The Morgan fingerprint density at radius 1 is 1.00 bits per heavy atom. The van der Waals surface area contributed by atoms with Gasteiger partial charge in [0.15, 0.2) is 0 Å². The summed E-state index contributed by atoms with van der Waals surface area (Å²) in [5, 5.41) is 2.67. The van der Waals surface area contributed by atoms with Gasteiger partial charge in [0.2, 0.25) is 23.7 Å².